The Hall–Kier alpha value is -2.36. The van der Waals surface area contributed by atoms with Crippen molar-refractivity contribution in [3.05, 3.63) is 59.8 Å². The topological polar surface area (TPSA) is 62.2 Å². The van der Waals surface area contributed by atoms with Gasteiger partial charge in [0, 0.05) is 24.4 Å². The van der Waals surface area contributed by atoms with Crippen LogP contribution in [0.4, 0.5) is 0 Å². The van der Waals surface area contributed by atoms with Gasteiger partial charge in [-0.3, -0.25) is 4.79 Å². The van der Waals surface area contributed by atoms with Crippen molar-refractivity contribution in [2.75, 3.05) is 0 Å². The minimum absolute atomic E-state index is 0.155. The Morgan fingerprint density at radius 1 is 1.24 bits per heavy atom. The van der Waals surface area contributed by atoms with E-state index in [1.807, 2.05) is 30.3 Å². The number of hydrogen-bond acceptors (Lipinski definition) is 3. The maximum absolute atomic E-state index is 11.7. The largest absolute Gasteiger partial charge is 0.493 e. The molecule has 2 aromatic rings. The fourth-order valence-corrected chi connectivity index (χ4v) is 1.44. The van der Waals surface area contributed by atoms with E-state index in [4.69, 9.17) is 5.11 Å². The van der Waals surface area contributed by atoms with Gasteiger partial charge in [-0.1, -0.05) is 30.3 Å². The number of benzene rings is 1. The molecule has 0 fully saturated rings. The van der Waals surface area contributed by atoms with Crippen LogP contribution in [0.15, 0.2) is 48.7 Å². The maximum Gasteiger partial charge on any atom is 0.251 e. The van der Waals surface area contributed by atoms with Gasteiger partial charge in [0.05, 0.1) is 0 Å². The number of rotatable bonds is 3. The lowest BCUT2D eigenvalue weighted by Gasteiger charge is -2.05. The van der Waals surface area contributed by atoms with E-state index < -0.39 is 0 Å². The van der Waals surface area contributed by atoms with Crippen LogP contribution in [0, 0.1) is 0 Å². The second kappa shape index (κ2) is 5.12. The molecule has 0 bridgehead atoms. The summed E-state index contributed by atoms with van der Waals surface area (Å²) in [4.78, 5) is 15.3. The highest BCUT2D eigenvalue weighted by atomic mass is 16.3. The lowest BCUT2D eigenvalue weighted by Crippen LogP contribution is -2.22. The molecule has 86 valence electrons. The molecule has 2 rings (SSSR count). The first-order valence-corrected chi connectivity index (χ1v) is 5.23. The van der Waals surface area contributed by atoms with Gasteiger partial charge in [0.15, 0.2) is 0 Å². The molecule has 0 aliphatic heterocycles. The predicted molar refractivity (Wildman–Crippen MR) is 63.5 cm³/mol. The number of nitrogens with zero attached hydrogens (tertiary/aromatic N) is 1. The second-order valence-corrected chi connectivity index (χ2v) is 3.57. The quantitative estimate of drug-likeness (QED) is 0.840. The Morgan fingerprint density at radius 3 is 2.71 bits per heavy atom. The molecule has 1 amide bonds. The summed E-state index contributed by atoms with van der Waals surface area (Å²) in [6, 6.07) is 12.5. The fraction of sp³-hybridized carbons (Fsp3) is 0.0769. The lowest BCUT2D eigenvalue weighted by molar-refractivity contribution is 0.0950. The zero-order valence-corrected chi connectivity index (χ0v) is 9.13. The highest BCUT2D eigenvalue weighted by molar-refractivity contribution is 5.94. The number of amides is 1. The standard InChI is InChI=1S/C13H12N2O2/c16-12-8-11(6-7-14-12)13(17)15-9-10-4-2-1-3-5-10/h1-8H,9H2,(H,14,16)(H,15,17). The van der Waals surface area contributed by atoms with Crippen LogP contribution in [0.1, 0.15) is 15.9 Å². The summed E-state index contributed by atoms with van der Waals surface area (Å²) in [5, 5.41) is 11.9. The Morgan fingerprint density at radius 2 is 2.00 bits per heavy atom. The van der Waals surface area contributed by atoms with Crippen LogP contribution in [0.25, 0.3) is 0 Å². The van der Waals surface area contributed by atoms with Gasteiger partial charge in [-0.2, -0.15) is 0 Å². The number of carbonyl (C=O) groups excluding carboxylic acids is 1. The number of carbonyl (C=O) groups is 1. The van der Waals surface area contributed by atoms with Crippen molar-refractivity contribution in [2.24, 2.45) is 0 Å². The number of pyridine rings is 1. The van der Waals surface area contributed by atoms with E-state index in [2.05, 4.69) is 10.3 Å². The molecule has 1 heterocycles. The lowest BCUT2D eigenvalue weighted by atomic mass is 10.2. The minimum atomic E-state index is -0.230. The number of aromatic hydroxyl groups is 1. The normalized spacial score (nSPS) is 9.88. The van der Waals surface area contributed by atoms with E-state index in [1.54, 1.807) is 6.07 Å². The van der Waals surface area contributed by atoms with Gasteiger partial charge in [0.25, 0.3) is 5.91 Å². The van der Waals surface area contributed by atoms with Crippen LogP contribution >= 0.6 is 0 Å². The zero-order valence-electron chi connectivity index (χ0n) is 9.13. The molecular formula is C13H12N2O2. The van der Waals surface area contributed by atoms with Crippen LogP contribution in [0.5, 0.6) is 5.88 Å². The van der Waals surface area contributed by atoms with Crippen molar-refractivity contribution < 1.29 is 9.90 Å². The molecule has 0 saturated heterocycles. The summed E-state index contributed by atoms with van der Waals surface area (Å²) in [6.45, 7) is 0.461. The molecule has 4 heteroatoms. The molecular weight excluding hydrogens is 216 g/mol. The first kappa shape index (κ1) is 11.1. The van der Waals surface area contributed by atoms with Crippen molar-refractivity contribution in [1.82, 2.24) is 10.3 Å². The molecule has 1 aromatic carbocycles. The summed E-state index contributed by atoms with van der Waals surface area (Å²) in [5.74, 6) is -0.385. The summed E-state index contributed by atoms with van der Waals surface area (Å²) in [5.41, 5.74) is 1.42. The van der Waals surface area contributed by atoms with Crippen molar-refractivity contribution >= 4 is 5.91 Å². The average molecular weight is 228 g/mol. The van der Waals surface area contributed by atoms with Gasteiger partial charge in [0.1, 0.15) is 0 Å². The van der Waals surface area contributed by atoms with Crippen LogP contribution in [-0.2, 0) is 6.54 Å². The highest BCUT2D eigenvalue weighted by Gasteiger charge is 2.05. The first-order chi connectivity index (χ1) is 8.25. The molecule has 2 N–H and O–H groups in total. The predicted octanol–water partition coefficient (Wildman–Crippen LogP) is 1.72. The molecule has 0 unspecified atom stereocenters. The zero-order chi connectivity index (χ0) is 12.1. The smallest absolute Gasteiger partial charge is 0.251 e. The van der Waals surface area contributed by atoms with E-state index in [-0.39, 0.29) is 11.8 Å². The Labute approximate surface area is 98.9 Å². The van der Waals surface area contributed by atoms with Crippen molar-refractivity contribution in [1.29, 1.82) is 0 Å². The molecule has 0 aliphatic carbocycles. The van der Waals surface area contributed by atoms with Crippen LogP contribution in [-0.4, -0.2) is 16.0 Å². The SMILES string of the molecule is O=C(NCc1ccccc1)c1ccnc(O)c1. The van der Waals surface area contributed by atoms with E-state index >= 15 is 0 Å². The number of hydrogen-bond donors (Lipinski definition) is 2. The summed E-state index contributed by atoms with van der Waals surface area (Å²) >= 11 is 0. The maximum atomic E-state index is 11.7. The van der Waals surface area contributed by atoms with Crippen molar-refractivity contribution in [3.63, 3.8) is 0 Å². The van der Waals surface area contributed by atoms with Crippen molar-refractivity contribution in [2.45, 2.75) is 6.54 Å². The molecule has 0 atom stereocenters. The van der Waals surface area contributed by atoms with Crippen LogP contribution in [0.2, 0.25) is 0 Å². The summed E-state index contributed by atoms with van der Waals surface area (Å²) in [7, 11) is 0. The van der Waals surface area contributed by atoms with Crippen LogP contribution < -0.4 is 5.32 Å². The summed E-state index contributed by atoms with van der Waals surface area (Å²) < 4.78 is 0. The third kappa shape index (κ3) is 3.04. The van der Waals surface area contributed by atoms with Gasteiger partial charge in [0.2, 0.25) is 5.88 Å². The molecule has 1 aromatic heterocycles. The van der Waals surface area contributed by atoms with E-state index in [1.165, 1.54) is 12.3 Å². The van der Waals surface area contributed by atoms with Crippen LogP contribution in [0.3, 0.4) is 0 Å². The minimum Gasteiger partial charge on any atom is -0.493 e. The highest BCUT2D eigenvalue weighted by Crippen LogP contribution is 2.07. The average Bonchev–Trinajstić information content (AvgIpc) is 2.37. The van der Waals surface area contributed by atoms with Gasteiger partial charge >= 0.3 is 0 Å². The molecule has 17 heavy (non-hydrogen) atoms. The molecule has 0 spiro atoms. The monoisotopic (exact) mass is 228 g/mol. The van der Waals surface area contributed by atoms with Gasteiger partial charge in [-0.05, 0) is 11.6 Å². The van der Waals surface area contributed by atoms with E-state index in [0.29, 0.717) is 12.1 Å². The Kier molecular flexibility index (Phi) is 3.35. The van der Waals surface area contributed by atoms with E-state index in [9.17, 15) is 4.79 Å². The molecule has 4 nitrogen and oxygen atoms in total. The fourth-order valence-electron chi connectivity index (χ4n) is 1.44. The van der Waals surface area contributed by atoms with Crippen molar-refractivity contribution in [3.8, 4) is 5.88 Å². The summed E-state index contributed by atoms with van der Waals surface area (Å²) in [6.07, 6.45) is 1.40. The number of nitrogens with one attached hydrogen (secondary N) is 1. The van der Waals surface area contributed by atoms with E-state index in [0.717, 1.165) is 5.56 Å². The third-order valence-electron chi connectivity index (χ3n) is 2.30. The molecule has 0 radical (unpaired) electrons. The Balaban J connectivity index is 1.98. The Bertz CT molecular complexity index is 512. The molecule has 0 saturated carbocycles. The second-order valence-electron chi connectivity index (χ2n) is 3.57. The molecule has 0 aliphatic rings. The van der Waals surface area contributed by atoms with Gasteiger partial charge < -0.3 is 10.4 Å². The van der Waals surface area contributed by atoms with Gasteiger partial charge in [-0.15, -0.1) is 0 Å². The number of aromatic nitrogens is 1. The third-order valence-corrected chi connectivity index (χ3v) is 2.30. The first-order valence-electron chi connectivity index (χ1n) is 5.23. The van der Waals surface area contributed by atoms with Gasteiger partial charge in [-0.25, -0.2) is 4.98 Å².